The van der Waals surface area contributed by atoms with Gasteiger partial charge >= 0.3 is 0 Å². The van der Waals surface area contributed by atoms with Crippen LogP contribution >= 0.6 is 23.4 Å². The highest BCUT2D eigenvalue weighted by atomic mass is 35.5. The lowest BCUT2D eigenvalue weighted by Gasteiger charge is -2.30. The van der Waals surface area contributed by atoms with Crippen LogP contribution in [-0.2, 0) is 21.3 Å². The van der Waals surface area contributed by atoms with Gasteiger partial charge in [0.1, 0.15) is 16.8 Å². The Kier molecular flexibility index (Phi) is 6.50. The summed E-state index contributed by atoms with van der Waals surface area (Å²) in [6, 6.07) is 9.14. The number of anilines is 2. The first-order valence-electron chi connectivity index (χ1n) is 8.72. The molecule has 2 aromatic rings. The minimum absolute atomic E-state index is 0.0936. The van der Waals surface area contributed by atoms with Crippen molar-refractivity contribution in [1.82, 2.24) is 0 Å². The molecule has 1 heterocycles. The van der Waals surface area contributed by atoms with Crippen LogP contribution in [0.15, 0.2) is 46.3 Å². The van der Waals surface area contributed by atoms with Crippen LogP contribution in [0.25, 0.3) is 0 Å². The zero-order chi connectivity index (χ0) is 21.2. The van der Waals surface area contributed by atoms with Crippen molar-refractivity contribution < 1.29 is 13.4 Å². The van der Waals surface area contributed by atoms with Gasteiger partial charge in [-0.1, -0.05) is 29.4 Å². The van der Waals surface area contributed by atoms with Crippen molar-refractivity contribution in [2.75, 3.05) is 15.8 Å². The summed E-state index contributed by atoms with van der Waals surface area (Å²) < 4.78 is 29.8. The van der Waals surface area contributed by atoms with Crippen molar-refractivity contribution >= 4 is 56.8 Å². The van der Waals surface area contributed by atoms with E-state index >= 15 is 0 Å². The molecule has 154 valence electrons. The number of rotatable bonds is 5. The quantitative estimate of drug-likeness (QED) is 0.629. The van der Waals surface area contributed by atoms with Crippen molar-refractivity contribution in [3.05, 3.63) is 52.8 Å². The monoisotopic (exact) mass is 454 g/mol. The molecule has 0 aliphatic carbocycles. The normalized spacial score (nSPS) is 19.9. The third-order valence-electron chi connectivity index (χ3n) is 4.45. The molecule has 1 aliphatic rings. The third-order valence-corrected chi connectivity index (χ3v) is 6.65. The Morgan fingerprint density at radius 3 is 2.72 bits per heavy atom. The van der Waals surface area contributed by atoms with E-state index in [9.17, 15) is 13.4 Å². The number of hydrogen-bond acceptors (Lipinski definition) is 5. The van der Waals surface area contributed by atoms with E-state index in [2.05, 4.69) is 15.0 Å². The number of nitrogens with zero attached hydrogens (tertiary/aromatic N) is 1. The van der Waals surface area contributed by atoms with Crippen LogP contribution in [0.5, 0.6) is 0 Å². The van der Waals surface area contributed by atoms with Crippen LogP contribution in [0, 0.1) is 5.82 Å². The average Bonchev–Trinajstić information content (AvgIpc) is 2.64. The topological polar surface area (TPSA) is 96.6 Å². The second-order valence-corrected chi connectivity index (χ2v) is 9.45. The molecule has 2 aromatic carbocycles. The molecule has 0 saturated heterocycles. The standard InChI is InChI=1S/C19H20ClFN4O2S2/c1-11(26)23-16-6-4-13(10-14(16)20)29(27)25-17-9-12(3-5-15(17)21)19(2)7-8-28-18(22)24-19/h3-6,9-10,25H,7-8H2,1-2H3,(H2,22,24)(H,23,26). The molecule has 2 unspecified atom stereocenters. The number of nitrogens with one attached hydrogen (secondary N) is 2. The van der Waals surface area contributed by atoms with Gasteiger partial charge in [0.15, 0.2) is 5.17 Å². The predicted molar refractivity (Wildman–Crippen MR) is 118 cm³/mol. The van der Waals surface area contributed by atoms with Crippen molar-refractivity contribution in [1.29, 1.82) is 0 Å². The van der Waals surface area contributed by atoms with Crippen LogP contribution in [0.1, 0.15) is 25.8 Å². The molecular weight excluding hydrogens is 435 g/mol. The first kappa shape index (κ1) is 21.6. The number of carbonyl (C=O) groups is 1. The van der Waals surface area contributed by atoms with E-state index in [-0.39, 0.29) is 16.6 Å². The molecule has 4 N–H and O–H groups in total. The van der Waals surface area contributed by atoms with E-state index < -0.39 is 22.3 Å². The zero-order valence-corrected chi connectivity index (χ0v) is 18.2. The number of aliphatic imine (C=N–C) groups is 1. The van der Waals surface area contributed by atoms with E-state index in [1.54, 1.807) is 24.3 Å². The fourth-order valence-corrected chi connectivity index (χ4v) is 5.05. The molecule has 29 heavy (non-hydrogen) atoms. The summed E-state index contributed by atoms with van der Waals surface area (Å²) in [5.41, 5.74) is 6.58. The molecule has 0 fully saturated rings. The van der Waals surface area contributed by atoms with E-state index in [0.29, 0.717) is 15.8 Å². The number of amidine groups is 1. The smallest absolute Gasteiger partial charge is 0.221 e. The van der Waals surface area contributed by atoms with E-state index in [0.717, 1.165) is 17.7 Å². The molecule has 6 nitrogen and oxygen atoms in total. The summed E-state index contributed by atoms with van der Waals surface area (Å²) in [6.45, 7) is 3.30. The molecule has 2 atom stereocenters. The first-order valence-corrected chi connectivity index (χ1v) is 11.2. The van der Waals surface area contributed by atoms with Crippen LogP contribution in [0.3, 0.4) is 0 Å². The third kappa shape index (κ3) is 5.09. The molecule has 3 rings (SSSR count). The number of carbonyl (C=O) groups excluding carboxylic acids is 1. The molecule has 0 aromatic heterocycles. The van der Waals surface area contributed by atoms with Gasteiger partial charge in [0, 0.05) is 12.7 Å². The van der Waals surface area contributed by atoms with Crippen molar-refractivity contribution in [2.24, 2.45) is 10.7 Å². The number of benzene rings is 2. The summed E-state index contributed by atoms with van der Waals surface area (Å²) in [7, 11) is -1.76. The molecule has 0 radical (unpaired) electrons. The van der Waals surface area contributed by atoms with Crippen LogP contribution in [0.2, 0.25) is 5.02 Å². The molecular formula is C19H20ClFN4O2S2. The molecule has 0 spiro atoms. The minimum atomic E-state index is -1.76. The molecule has 1 amide bonds. The number of hydrogen-bond donors (Lipinski definition) is 3. The SMILES string of the molecule is CC(=O)Nc1ccc(S(=O)Nc2cc(C3(C)CCSC(N)=N3)ccc2F)cc1Cl. The van der Waals surface area contributed by atoms with Gasteiger partial charge in [-0.05, 0) is 49.2 Å². The Hall–Kier alpha value is -2.10. The highest BCUT2D eigenvalue weighted by molar-refractivity contribution is 8.13. The van der Waals surface area contributed by atoms with Crippen molar-refractivity contribution in [3.8, 4) is 0 Å². The Balaban J connectivity index is 1.85. The van der Waals surface area contributed by atoms with Gasteiger partial charge in [0.25, 0.3) is 0 Å². The van der Waals surface area contributed by atoms with E-state index in [4.69, 9.17) is 17.3 Å². The number of halogens is 2. The zero-order valence-electron chi connectivity index (χ0n) is 15.8. The highest BCUT2D eigenvalue weighted by Crippen LogP contribution is 2.36. The molecule has 10 heteroatoms. The highest BCUT2D eigenvalue weighted by Gasteiger charge is 2.30. The van der Waals surface area contributed by atoms with Gasteiger partial charge in [-0.15, -0.1) is 0 Å². The number of nitrogens with two attached hydrogens (primary N) is 1. The summed E-state index contributed by atoms with van der Waals surface area (Å²) >= 11 is 7.62. The molecule has 0 saturated carbocycles. The maximum absolute atomic E-state index is 14.4. The summed E-state index contributed by atoms with van der Waals surface area (Å²) in [4.78, 5) is 16.0. The first-order chi connectivity index (χ1) is 13.7. The second kappa shape index (κ2) is 8.73. The lowest BCUT2D eigenvalue weighted by atomic mass is 9.89. The maximum Gasteiger partial charge on any atom is 0.221 e. The number of amides is 1. The Morgan fingerprint density at radius 2 is 2.07 bits per heavy atom. The van der Waals surface area contributed by atoms with Gasteiger partial charge in [0.05, 0.1) is 26.8 Å². The fraction of sp³-hybridized carbons (Fsp3) is 0.263. The lowest BCUT2D eigenvalue weighted by molar-refractivity contribution is -0.114. The van der Waals surface area contributed by atoms with Gasteiger partial charge in [-0.3, -0.25) is 14.5 Å². The summed E-state index contributed by atoms with van der Waals surface area (Å²) in [5, 5.41) is 3.31. The van der Waals surface area contributed by atoms with Crippen LogP contribution in [-0.4, -0.2) is 21.0 Å². The Labute approximate surface area is 180 Å². The summed E-state index contributed by atoms with van der Waals surface area (Å²) in [6.07, 6.45) is 0.757. The van der Waals surface area contributed by atoms with E-state index in [1.807, 2.05) is 6.92 Å². The van der Waals surface area contributed by atoms with Crippen LogP contribution < -0.4 is 15.8 Å². The lowest BCUT2D eigenvalue weighted by Crippen LogP contribution is -2.28. The predicted octanol–water partition coefficient (Wildman–Crippen LogP) is 4.24. The minimum Gasteiger partial charge on any atom is -0.379 e. The summed E-state index contributed by atoms with van der Waals surface area (Å²) in [5.74, 6) is 0.0151. The van der Waals surface area contributed by atoms with Gasteiger partial charge < -0.3 is 11.1 Å². The van der Waals surface area contributed by atoms with E-state index in [1.165, 1.54) is 30.8 Å². The second-order valence-electron chi connectivity index (χ2n) is 6.71. The van der Waals surface area contributed by atoms with Crippen LogP contribution in [0.4, 0.5) is 15.8 Å². The largest absolute Gasteiger partial charge is 0.379 e. The Morgan fingerprint density at radius 1 is 1.31 bits per heavy atom. The van der Waals surface area contributed by atoms with Crippen molar-refractivity contribution in [2.45, 2.75) is 30.7 Å². The maximum atomic E-state index is 14.4. The van der Waals surface area contributed by atoms with Gasteiger partial charge in [0.2, 0.25) is 5.91 Å². The van der Waals surface area contributed by atoms with Gasteiger partial charge in [-0.25, -0.2) is 8.60 Å². The fourth-order valence-electron chi connectivity index (χ4n) is 2.89. The number of thioether (sulfide) groups is 1. The van der Waals surface area contributed by atoms with Gasteiger partial charge in [-0.2, -0.15) is 0 Å². The molecule has 1 aliphatic heterocycles. The molecule has 0 bridgehead atoms. The average molecular weight is 455 g/mol. The van der Waals surface area contributed by atoms with Crippen molar-refractivity contribution in [3.63, 3.8) is 0 Å². The Bertz CT molecular complexity index is 1020.